The van der Waals surface area contributed by atoms with Crippen molar-refractivity contribution in [2.24, 2.45) is 0 Å². The molecule has 1 amide bonds. The van der Waals surface area contributed by atoms with Crippen molar-refractivity contribution in [2.45, 2.75) is 52.5 Å². The summed E-state index contributed by atoms with van der Waals surface area (Å²) in [5, 5.41) is 6.10. The maximum absolute atomic E-state index is 11.6. The van der Waals surface area contributed by atoms with E-state index >= 15 is 0 Å². The number of amides is 1. The van der Waals surface area contributed by atoms with Gasteiger partial charge < -0.3 is 10.6 Å². The van der Waals surface area contributed by atoms with E-state index in [2.05, 4.69) is 50.4 Å². The highest BCUT2D eigenvalue weighted by atomic mass is 79.9. The zero-order chi connectivity index (χ0) is 15.0. The van der Waals surface area contributed by atoms with E-state index in [0.717, 1.165) is 35.5 Å². The molecule has 0 saturated carbocycles. The summed E-state index contributed by atoms with van der Waals surface area (Å²) in [6, 6.07) is 2.05. The van der Waals surface area contributed by atoms with E-state index in [1.165, 1.54) is 0 Å². The molecule has 5 nitrogen and oxygen atoms in total. The van der Waals surface area contributed by atoms with Crippen molar-refractivity contribution in [3.63, 3.8) is 0 Å². The fraction of sp³-hybridized carbons (Fsp3) is 0.643. The molecular weight excluding hydrogens is 320 g/mol. The highest BCUT2D eigenvalue weighted by molar-refractivity contribution is 9.10. The van der Waals surface area contributed by atoms with Gasteiger partial charge in [-0.1, -0.05) is 13.8 Å². The molecule has 2 N–H and O–H groups in total. The molecule has 1 aromatic rings. The third kappa shape index (κ3) is 6.32. The number of nitrogens with zero attached hydrogens (tertiary/aromatic N) is 2. The number of carbonyl (C=O) groups excluding carboxylic acids is 1. The molecule has 1 atom stereocenters. The minimum absolute atomic E-state index is 0.0637. The zero-order valence-corrected chi connectivity index (χ0v) is 14.0. The number of carbonyl (C=O) groups is 1. The van der Waals surface area contributed by atoms with Gasteiger partial charge in [0, 0.05) is 31.5 Å². The first kappa shape index (κ1) is 16.9. The summed E-state index contributed by atoms with van der Waals surface area (Å²) in [6.07, 6.45) is 3.24. The quantitative estimate of drug-likeness (QED) is 0.713. The fourth-order valence-electron chi connectivity index (χ4n) is 1.64. The van der Waals surface area contributed by atoms with Crippen LogP contribution in [0.1, 0.15) is 45.9 Å². The van der Waals surface area contributed by atoms with Crippen molar-refractivity contribution in [1.29, 1.82) is 0 Å². The SMILES string of the molecule is CCCc1nc(Br)cc(NCCC(=O)NC(C)CC)n1. The summed E-state index contributed by atoms with van der Waals surface area (Å²) in [6.45, 7) is 6.72. The molecule has 1 unspecified atom stereocenters. The smallest absolute Gasteiger partial charge is 0.221 e. The standard InChI is InChI=1S/C14H23BrN4O/c1-4-6-12-18-11(15)9-13(19-12)16-8-7-14(20)17-10(3)5-2/h9-10H,4-8H2,1-3H3,(H,17,20)(H,16,18,19). The highest BCUT2D eigenvalue weighted by Gasteiger charge is 2.06. The summed E-state index contributed by atoms with van der Waals surface area (Å²) in [5.74, 6) is 1.63. The van der Waals surface area contributed by atoms with Gasteiger partial charge in [-0.15, -0.1) is 0 Å². The summed E-state index contributed by atoms with van der Waals surface area (Å²) >= 11 is 3.38. The minimum atomic E-state index is 0.0637. The molecule has 6 heteroatoms. The Hall–Kier alpha value is -1.17. The van der Waals surface area contributed by atoms with Crippen molar-refractivity contribution < 1.29 is 4.79 Å². The van der Waals surface area contributed by atoms with Crippen molar-refractivity contribution in [1.82, 2.24) is 15.3 Å². The number of aromatic nitrogens is 2. The lowest BCUT2D eigenvalue weighted by Crippen LogP contribution is -2.33. The highest BCUT2D eigenvalue weighted by Crippen LogP contribution is 2.13. The number of rotatable bonds is 8. The van der Waals surface area contributed by atoms with Crippen LogP contribution in [0.15, 0.2) is 10.7 Å². The van der Waals surface area contributed by atoms with Gasteiger partial charge in [-0.3, -0.25) is 4.79 Å². The van der Waals surface area contributed by atoms with Crippen LogP contribution in [-0.2, 0) is 11.2 Å². The molecule has 1 heterocycles. The first-order valence-corrected chi connectivity index (χ1v) is 7.91. The monoisotopic (exact) mass is 342 g/mol. The van der Waals surface area contributed by atoms with Crippen molar-refractivity contribution in [3.8, 4) is 0 Å². The van der Waals surface area contributed by atoms with Crippen molar-refractivity contribution >= 4 is 27.7 Å². The van der Waals surface area contributed by atoms with Gasteiger partial charge in [0.2, 0.25) is 5.91 Å². The molecule has 0 aliphatic carbocycles. The summed E-state index contributed by atoms with van der Waals surface area (Å²) in [4.78, 5) is 20.4. The Labute approximate surface area is 129 Å². The Balaban J connectivity index is 2.43. The topological polar surface area (TPSA) is 66.9 Å². The van der Waals surface area contributed by atoms with Gasteiger partial charge in [-0.2, -0.15) is 0 Å². The van der Waals surface area contributed by atoms with E-state index in [-0.39, 0.29) is 11.9 Å². The van der Waals surface area contributed by atoms with Crippen LogP contribution >= 0.6 is 15.9 Å². The molecule has 0 aliphatic heterocycles. The van der Waals surface area contributed by atoms with Gasteiger partial charge in [0.15, 0.2) is 0 Å². The van der Waals surface area contributed by atoms with Crippen LogP contribution in [0.5, 0.6) is 0 Å². The lowest BCUT2D eigenvalue weighted by molar-refractivity contribution is -0.121. The second-order valence-corrected chi connectivity index (χ2v) is 5.61. The molecule has 0 aromatic carbocycles. The normalized spacial score (nSPS) is 12.0. The lowest BCUT2D eigenvalue weighted by Gasteiger charge is -2.12. The van der Waals surface area contributed by atoms with Crippen LogP contribution in [0, 0.1) is 0 Å². The molecule has 0 spiro atoms. The molecule has 1 rings (SSSR count). The number of anilines is 1. The van der Waals surface area contributed by atoms with E-state index in [1.807, 2.05) is 13.0 Å². The largest absolute Gasteiger partial charge is 0.369 e. The van der Waals surface area contributed by atoms with Gasteiger partial charge in [0.05, 0.1) is 0 Å². The average molecular weight is 343 g/mol. The van der Waals surface area contributed by atoms with Gasteiger partial charge in [0.25, 0.3) is 0 Å². The summed E-state index contributed by atoms with van der Waals surface area (Å²) < 4.78 is 0.766. The van der Waals surface area contributed by atoms with Gasteiger partial charge in [-0.25, -0.2) is 9.97 Å². The maximum atomic E-state index is 11.6. The van der Waals surface area contributed by atoms with E-state index in [9.17, 15) is 4.79 Å². The Morgan fingerprint density at radius 1 is 1.40 bits per heavy atom. The number of halogens is 1. The Morgan fingerprint density at radius 3 is 2.80 bits per heavy atom. The van der Waals surface area contributed by atoms with Crippen LogP contribution < -0.4 is 10.6 Å². The van der Waals surface area contributed by atoms with Gasteiger partial charge >= 0.3 is 0 Å². The van der Waals surface area contributed by atoms with Gasteiger partial charge in [-0.05, 0) is 35.7 Å². The van der Waals surface area contributed by atoms with E-state index in [1.54, 1.807) is 0 Å². The molecule has 112 valence electrons. The maximum Gasteiger partial charge on any atom is 0.221 e. The van der Waals surface area contributed by atoms with Crippen LogP contribution in [0.2, 0.25) is 0 Å². The van der Waals surface area contributed by atoms with Crippen LogP contribution in [0.25, 0.3) is 0 Å². The van der Waals surface area contributed by atoms with E-state index in [4.69, 9.17) is 0 Å². The molecule has 1 aromatic heterocycles. The summed E-state index contributed by atoms with van der Waals surface area (Å²) in [5.41, 5.74) is 0. The number of hydrogen-bond donors (Lipinski definition) is 2. The zero-order valence-electron chi connectivity index (χ0n) is 12.4. The lowest BCUT2D eigenvalue weighted by atomic mass is 10.2. The Bertz CT molecular complexity index is 439. The molecule has 0 bridgehead atoms. The number of nitrogens with one attached hydrogen (secondary N) is 2. The minimum Gasteiger partial charge on any atom is -0.369 e. The number of aryl methyl sites for hydroxylation is 1. The third-order valence-corrected chi connectivity index (χ3v) is 3.30. The van der Waals surface area contributed by atoms with E-state index < -0.39 is 0 Å². The molecule has 0 saturated heterocycles. The predicted molar refractivity (Wildman–Crippen MR) is 84.7 cm³/mol. The van der Waals surface area contributed by atoms with Gasteiger partial charge in [0.1, 0.15) is 16.2 Å². The number of hydrogen-bond acceptors (Lipinski definition) is 4. The average Bonchev–Trinajstić information content (AvgIpc) is 2.38. The van der Waals surface area contributed by atoms with Crippen LogP contribution in [-0.4, -0.2) is 28.5 Å². The molecule has 0 aliphatic rings. The Morgan fingerprint density at radius 2 is 2.15 bits per heavy atom. The molecule has 0 fully saturated rings. The molecular formula is C14H23BrN4O. The Kier molecular flexibility index (Phi) is 7.51. The third-order valence-electron chi connectivity index (χ3n) is 2.89. The summed E-state index contributed by atoms with van der Waals surface area (Å²) in [7, 11) is 0. The fourth-order valence-corrected chi connectivity index (χ4v) is 2.07. The van der Waals surface area contributed by atoms with E-state index in [0.29, 0.717) is 13.0 Å². The predicted octanol–water partition coefficient (Wildman–Crippen LogP) is 2.91. The first-order valence-electron chi connectivity index (χ1n) is 7.11. The molecule has 20 heavy (non-hydrogen) atoms. The van der Waals surface area contributed by atoms with Crippen molar-refractivity contribution in [3.05, 3.63) is 16.5 Å². The van der Waals surface area contributed by atoms with Crippen LogP contribution in [0.4, 0.5) is 5.82 Å². The first-order chi connectivity index (χ1) is 9.55. The van der Waals surface area contributed by atoms with Crippen molar-refractivity contribution in [2.75, 3.05) is 11.9 Å². The second-order valence-electron chi connectivity index (χ2n) is 4.80. The second kappa shape index (κ2) is 8.89. The van der Waals surface area contributed by atoms with Crippen LogP contribution in [0.3, 0.4) is 0 Å². The molecule has 0 radical (unpaired) electrons.